The first kappa shape index (κ1) is 24.9. The largest absolute Gasteiger partial charge is 0.512 e. The van der Waals surface area contributed by atoms with Crippen LogP contribution in [0.1, 0.15) is 106 Å². The normalized spacial score (nSPS) is 54.1. The molecule has 0 bridgehead atoms. The van der Waals surface area contributed by atoms with E-state index in [9.17, 15) is 15.3 Å². The zero-order chi connectivity index (χ0) is 24.9. The van der Waals surface area contributed by atoms with E-state index in [4.69, 9.17) is 0 Å². The Morgan fingerprint density at radius 3 is 2.26 bits per heavy atom. The van der Waals surface area contributed by atoms with E-state index in [0.29, 0.717) is 28.9 Å². The molecule has 9 atom stereocenters. The van der Waals surface area contributed by atoms with Crippen LogP contribution in [0.3, 0.4) is 0 Å². The SMILES string of the molecule is C=C(O)[C@@]12CCC(C)(C)CC1C1=CCC3[C@@]4(C)CCC(O)C(C)(CO)C4CC[C@@]3(C)[C@]1(C)CC2. The third-order valence-electron chi connectivity index (χ3n) is 13.3. The summed E-state index contributed by atoms with van der Waals surface area (Å²) in [4.78, 5) is 0. The van der Waals surface area contributed by atoms with E-state index >= 15 is 0 Å². The maximum atomic E-state index is 10.9. The number of rotatable bonds is 2. The monoisotopic (exact) mass is 470 g/mol. The number of aliphatic hydroxyl groups is 3. The van der Waals surface area contributed by atoms with Gasteiger partial charge in [0.2, 0.25) is 0 Å². The third kappa shape index (κ3) is 2.89. The van der Waals surface area contributed by atoms with Gasteiger partial charge in [-0.25, -0.2) is 0 Å². The molecule has 0 aromatic heterocycles. The quantitative estimate of drug-likeness (QED) is 0.295. The summed E-state index contributed by atoms with van der Waals surface area (Å²) in [6, 6.07) is 0. The third-order valence-corrected chi connectivity index (χ3v) is 13.3. The Morgan fingerprint density at radius 1 is 0.941 bits per heavy atom. The molecule has 3 heteroatoms. The van der Waals surface area contributed by atoms with Crippen molar-refractivity contribution in [2.75, 3.05) is 6.61 Å². The molecule has 0 heterocycles. The number of fused-ring (bicyclic) bond motifs is 7. The summed E-state index contributed by atoms with van der Waals surface area (Å²) in [5.74, 6) is 1.75. The molecule has 0 amide bonds. The number of aliphatic hydroxyl groups excluding tert-OH is 3. The van der Waals surface area contributed by atoms with Crippen LogP contribution in [-0.2, 0) is 0 Å². The summed E-state index contributed by atoms with van der Waals surface area (Å²) < 4.78 is 0. The van der Waals surface area contributed by atoms with Gasteiger partial charge in [-0.1, -0.05) is 59.8 Å². The standard InChI is InChI=1S/C31H50O3/c1-20(33)31-16-14-26(2,3)18-22(31)21-8-9-24-27(4)12-11-25(34)28(5,19-32)23(27)10-13-30(24,7)29(21,6)15-17-31/h8,22-25,32-34H,1,9-19H2,2-7H3/t22?,23?,24?,25?,27-,28?,29+,30+,31-/m0/s1. The van der Waals surface area contributed by atoms with Gasteiger partial charge >= 0.3 is 0 Å². The molecule has 0 radical (unpaired) electrons. The molecule has 34 heavy (non-hydrogen) atoms. The Balaban J connectivity index is 1.60. The van der Waals surface area contributed by atoms with Crippen LogP contribution in [0.2, 0.25) is 0 Å². The molecule has 5 aliphatic carbocycles. The molecule has 5 aliphatic rings. The van der Waals surface area contributed by atoms with Crippen molar-refractivity contribution in [3.05, 3.63) is 24.0 Å². The fraction of sp³-hybridized carbons (Fsp3) is 0.871. The number of hydrogen-bond acceptors (Lipinski definition) is 3. The van der Waals surface area contributed by atoms with Crippen LogP contribution in [0, 0.1) is 50.2 Å². The van der Waals surface area contributed by atoms with E-state index in [0.717, 1.165) is 64.2 Å². The highest BCUT2D eigenvalue weighted by Gasteiger charge is 2.69. The van der Waals surface area contributed by atoms with Gasteiger partial charge in [0.1, 0.15) is 0 Å². The van der Waals surface area contributed by atoms with Gasteiger partial charge in [-0.3, -0.25) is 0 Å². The highest BCUT2D eigenvalue weighted by atomic mass is 16.3. The zero-order valence-electron chi connectivity index (χ0n) is 22.7. The minimum atomic E-state index is -0.402. The lowest BCUT2D eigenvalue weighted by atomic mass is 9.33. The summed E-state index contributed by atoms with van der Waals surface area (Å²) in [5, 5.41) is 32.3. The van der Waals surface area contributed by atoms with Gasteiger partial charge in [-0.2, -0.15) is 0 Å². The van der Waals surface area contributed by atoms with Crippen LogP contribution in [0.15, 0.2) is 24.0 Å². The Hall–Kier alpha value is -0.800. The van der Waals surface area contributed by atoms with Gasteiger partial charge in [0.15, 0.2) is 0 Å². The van der Waals surface area contributed by atoms with Crippen molar-refractivity contribution >= 4 is 0 Å². The van der Waals surface area contributed by atoms with Gasteiger partial charge in [-0.15, -0.1) is 0 Å². The van der Waals surface area contributed by atoms with E-state index in [-0.39, 0.29) is 28.3 Å². The first-order chi connectivity index (χ1) is 15.7. The van der Waals surface area contributed by atoms with E-state index in [1.807, 2.05) is 0 Å². The van der Waals surface area contributed by atoms with Gasteiger partial charge in [0.25, 0.3) is 0 Å². The highest BCUT2D eigenvalue weighted by molar-refractivity contribution is 5.36. The Morgan fingerprint density at radius 2 is 1.62 bits per heavy atom. The van der Waals surface area contributed by atoms with Gasteiger partial charge in [0, 0.05) is 10.8 Å². The lowest BCUT2D eigenvalue weighted by Gasteiger charge is -2.71. The molecule has 5 rings (SSSR count). The first-order valence-corrected chi connectivity index (χ1v) is 14.1. The second-order valence-corrected chi connectivity index (χ2v) is 15.0. The minimum absolute atomic E-state index is 0.0779. The average molecular weight is 471 g/mol. The van der Waals surface area contributed by atoms with Crippen LogP contribution < -0.4 is 0 Å². The van der Waals surface area contributed by atoms with E-state index in [2.05, 4.69) is 54.2 Å². The minimum Gasteiger partial charge on any atom is -0.512 e. The zero-order valence-corrected chi connectivity index (χ0v) is 22.7. The Kier molecular flexibility index (Phi) is 5.39. The lowest BCUT2D eigenvalue weighted by Crippen LogP contribution is -2.65. The Bertz CT molecular complexity index is 904. The molecule has 0 aliphatic heterocycles. The van der Waals surface area contributed by atoms with Crippen LogP contribution in [0.4, 0.5) is 0 Å². The van der Waals surface area contributed by atoms with Crippen LogP contribution in [-0.4, -0.2) is 28.0 Å². The predicted molar refractivity (Wildman–Crippen MR) is 138 cm³/mol. The van der Waals surface area contributed by atoms with Crippen molar-refractivity contribution in [3.63, 3.8) is 0 Å². The van der Waals surface area contributed by atoms with Crippen molar-refractivity contribution in [2.45, 2.75) is 112 Å². The van der Waals surface area contributed by atoms with Gasteiger partial charge < -0.3 is 15.3 Å². The van der Waals surface area contributed by atoms with Crippen molar-refractivity contribution in [1.29, 1.82) is 0 Å². The fourth-order valence-corrected chi connectivity index (χ4v) is 10.8. The predicted octanol–water partition coefficient (Wildman–Crippen LogP) is 7.19. The van der Waals surface area contributed by atoms with Crippen molar-refractivity contribution in [2.24, 2.45) is 50.2 Å². The summed E-state index contributed by atoms with van der Waals surface area (Å²) in [6.45, 7) is 18.8. The van der Waals surface area contributed by atoms with Gasteiger partial charge in [0.05, 0.1) is 18.5 Å². The highest BCUT2D eigenvalue weighted by Crippen LogP contribution is 2.76. The molecule has 0 spiro atoms. The topological polar surface area (TPSA) is 60.7 Å². The molecule has 0 saturated heterocycles. The van der Waals surface area contributed by atoms with Crippen LogP contribution in [0.5, 0.6) is 0 Å². The summed E-state index contributed by atoms with van der Waals surface area (Å²) in [6.07, 6.45) is 13.0. The Labute approximate surface area is 208 Å². The molecule has 4 fully saturated rings. The summed E-state index contributed by atoms with van der Waals surface area (Å²) in [7, 11) is 0. The van der Waals surface area contributed by atoms with Crippen molar-refractivity contribution < 1.29 is 15.3 Å². The average Bonchev–Trinajstić information content (AvgIpc) is 2.76. The van der Waals surface area contributed by atoms with Crippen molar-refractivity contribution in [3.8, 4) is 0 Å². The molecule has 0 aromatic rings. The summed E-state index contributed by atoms with van der Waals surface area (Å²) >= 11 is 0. The maximum absolute atomic E-state index is 10.9. The summed E-state index contributed by atoms with van der Waals surface area (Å²) in [5.41, 5.74) is 1.85. The fourth-order valence-electron chi connectivity index (χ4n) is 10.8. The second kappa shape index (κ2) is 7.37. The number of allylic oxidation sites excluding steroid dienone is 3. The molecule has 3 N–H and O–H groups in total. The smallest absolute Gasteiger partial charge is 0.0918 e. The first-order valence-electron chi connectivity index (χ1n) is 14.1. The van der Waals surface area contributed by atoms with E-state index in [1.54, 1.807) is 5.57 Å². The van der Waals surface area contributed by atoms with Crippen LogP contribution in [0.25, 0.3) is 0 Å². The second-order valence-electron chi connectivity index (χ2n) is 15.0. The molecule has 5 unspecified atom stereocenters. The maximum Gasteiger partial charge on any atom is 0.0918 e. The molecule has 4 saturated carbocycles. The molecule has 0 aromatic carbocycles. The molecular formula is C31H50O3. The molecule has 192 valence electrons. The lowest BCUT2D eigenvalue weighted by molar-refractivity contribution is -0.215. The van der Waals surface area contributed by atoms with Crippen LogP contribution >= 0.6 is 0 Å². The number of hydrogen-bond donors (Lipinski definition) is 3. The van der Waals surface area contributed by atoms with Crippen molar-refractivity contribution in [1.82, 2.24) is 0 Å². The van der Waals surface area contributed by atoms with E-state index in [1.165, 1.54) is 0 Å². The molecular weight excluding hydrogens is 420 g/mol. The van der Waals surface area contributed by atoms with E-state index < -0.39 is 11.5 Å². The molecule has 3 nitrogen and oxygen atoms in total. The van der Waals surface area contributed by atoms with Gasteiger partial charge in [-0.05, 0) is 104 Å².